The molecule has 18 heavy (non-hydrogen) atoms. The van der Waals surface area contributed by atoms with Gasteiger partial charge in [-0.25, -0.2) is 4.98 Å². The van der Waals surface area contributed by atoms with E-state index in [9.17, 15) is 0 Å². The Balaban J connectivity index is 2.17. The third-order valence-electron chi connectivity index (χ3n) is 4.33. The van der Waals surface area contributed by atoms with E-state index in [4.69, 9.17) is 10.7 Å². The minimum absolute atomic E-state index is 0.572. The zero-order chi connectivity index (χ0) is 13.1. The Labute approximate surface area is 110 Å². The summed E-state index contributed by atoms with van der Waals surface area (Å²) in [4.78, 5) is 7.06. The molecule has 0 amide bonds. The molecule has 0 bridgehead atoms. The number of hydrogen-bond acceptors (Lipinski definition) is 3. The zero-order valence-electron chi connectivity index (χ0n) is 11.8. The summed E-state index contributed by atoms with van der Waals surface area (Å²) < 4.78 is 0. The number of hydrogen-bond donors (Lipinski definition) is 1. The van der Waals surface area contributed by atoms with Crippen LogP contribution in [0.2, 0.25) is 0 Å². The molecule has 2 unspecified atom stereocenters. The van der Waals surface area contributed by atoms with Crippen molar-refractivity contribution in [3.05, 3.63) is 23.4 Å². The maximum Gasteiger partial charge on any atom is 0.128 e. The highest BCUT2D eigenvalue weighted by Gasteiger charge is 2.25. The minimum Gasteiger partial charge on any atom is -0.356 e. The molecule has 2 N–H and O–H groups in total. The SMILES string of the molecule is Cc1nc(N(C)C2CCCCC2C)ccc1CN. The summed E-state index contributed by atoms with van der Waals surface area (Å²) in [6.45, 7) is 4.98. The van der Waals surface area contributed by atoms with Crippen molar-refractivity contribution in [2.24, 2.45) is 11.7 Å². The van der Waals surface area contributed by atoms with Gasteiger partial charge in [-0.2, -0.15) is 0 Å². The third-order valence-corrected chi connectivity index (χ3v) is 4.33. The van der Waals surface area contributed by atoms with Crippen LogP contribution in [0.15, 0.2) is 12.1 Å². The van der Waals surface area contributed by atoms with E-state index in [2.05, 4.69) is 31.0 Å². The molecular formula is C15H25N3. The Bertz CT molecular complexity index is 403. The number of aromatic nitrogens is 1. The van der Waals surface area contributed by atoms with Gasteiger partial charge in [-0.05, 0) is 37.3 Å². The first kappa shape index (κ1) is 13.3. The van der Waals surface area contributed by atoms with Gasteiger partial charge < -0.3 is 10.6 Å². The van der Waals surface area contributed by atoms with E-state index in [1.807, 2.05) is 6.92 Å². The molecule has 2 rings (SSSR count). The first-order valence-electron chi connectivity index (χ1n) is 7.03. The molecule has 1 saturated carbocycles. The Morgan fingerprint density at radius 3 is 2.67 bits per heavy atom. The summed E-state index contributed by atoms with van der Waals surface area (Å²) >= 11 is 0. The summed E-state index contributed by atoms with van der Waals surface area (Å²) in [5, 5.41) is 0. The van der Waals surface area contributed by atoms with Gasteiger partial charge in [0.1, 0.15) is 5.82 Å². The first-order valence-corrected chi connectivity index (χ1v) is 7.03. The second-order valence-electron chi connectivity index (χ2n) is 5.56. The van der Waals surface area contributed by atoms with Crippen molar-refractivity contribution in [2.75, 3.05) is 11.9 Å². The Morgan fingerprint density at radius 1 is 1.33 bits per heavy atom. The number of nitrogens with zero attached hydrogens (tertiary/aromatic N) is 2. The van der Waals surface area contributed by atoms with Crippen molar-refractivity contribution in [2.45, 2.75) is 52.1 Å². The van der Waals surface area contributed by atoms with Crippen LogP contribution in [0.25, 0.3) is 0 Å². The van der Waals surface area contributed by atoms with Crippen LogP contribution in [0.1, 0.15) is 43.9 Å². The maximum atomic E-state index is 5.69. The van der Waals surface area contributed by atoms with Gasteiger partial charge in [0.15, 0.2) is 0 Å². The maximum absolute atomic E-state index is 5.69. The monoisotopic (exact) mass is 247 g/mol. The van der Waals surface area contributed by atoms with Crippen molar-refractivity contribution in [1.29, 1.82) is 0 Å². The average Bonchev–Trinajstić information content (AvgIpc) is 2.38. The second-order valence-corrected chi connectivity index (χ2v) is 5.56. The van der Waals surface area contributed by atoms with Gasteiger partial charge in [-0.1, -0.05) is 25.8 Å². The predicted octanol–water partition coefficient (Wildman–Crippen LogP) is 2.86. The molecule has 3 heteroatoms. The molecule has 0 spiro atoms. The van der Waals surface area contributed by atoms with Crippen LogP contribution in [0, 0.1) is 12.8 Å². The number of pyridine rings is 1. The molecule has 0 aliphatic heterocycles. The van der Waals surface area contributed by atoms with Crippen LogP contribution in [0.5, 0.6) is 0 Å². The van der Waals surface area contributed by atoms with E-state index in [1.54, 1.807) is 0 Å². The molecule has 1 heterocycles. The smallest absolute Gasteiger partial charge is 0.128 e. The van der Waals surface area contributed by atoms with Gasteiger partial charge in [-0.15, -0.1) is 0 Å². The first-order chi connectivity index (χ1) is 8.63. The summed E-state index contributed by atoms with van der Waals surface area (Å²) in [7, 11) is 2.18. The van der Waals surface area contributed by atoms with Crippen LogP contribution in [-0.4, -0.2) is 18.1 Å². The lowest BCUT2D eigenvalue weighted by atomic mass is 9.85. The van der Waals surface area contributed by atoms with Gasteiger partial charge in [-0.3, -0.25) is 0 Å². The van der Waals surface area contributed by atoms with Crippen molar-refractivity contribution in [1.82, 2.24) is 4.98 Å². The highest BCUT2D eigenvalue weighted by molar-refractivity contribution is 5.42. The van der Waals surface area contributed by atoms with E-state index >= 15 is 0 Å². The van der Waals surface area contributed by atoms with E-state index in [0.717, 1.165) is 23.0 Å². The minimum atomic E-state index is 0.572. The summed E-state index contributed by atoms with van der Waals surface area (Å²) in [6, 6.07) is 4.85. The second kappa shape index (κ2) is 5.70. The fourth-order valence-electron chi connectivity index (χ4n) is 3.03. The molecule has 1 aliphatic rings. The van der Waals surface area contributed by atoms with E-state index in [-0.39, 0.29) is 0 Å². The lowest BCUT2D eigenvalue weighted by Crippen LogP contribution is -2.39. The van der Waals surface area contributed by atoms with Crippen LogP contribution in [0.4, 0.5) is 5.82 Å². The van der Waals surface area contributed by atoms with Crippen molar-refractivity contribution < 1.29 is 0 Å². The van der Waals surface area contributed by atoms with Crippen molar-refractivity contribution in [3.63, 3.8) is 0 Å². The van der Waals surface area contributed by atoms with Gasteiger partial charge >= 0.3 is 0 Å². The zero-order valence-corrected chi connectivity index (χ0v) is 11.8. The third kappa shape index (κ3) is 2.66. The number of nitrogens with two attached hydrogens (primary N) is 1. The summed E-state index contributed by atoms with van der Waals surface area (Å²) in [6.07, 6.45) is 5.36. The van der Waals surface area contributed by atoms with E-state index in [0.29, 0.717) is 12.6 Å². The Morgan fingerprint density at radius 2 is 2.06 bits per heavy atom. The fourth-order valence-corrected chi connectivity index (χ4v) is 3.03. The molecule has 0 radical (unpaired) electrons. The number of anilines is 1. The van der Waals surface area contributed by atoms with Crippen LogP contribution in [0.3, 0.4) is 0 Å². The highest BCUT2D eigenvalue weighted by Crippen LogP contribution is 2.29. The van der Waals surface area contributed by atoms with Crippen LogP contribution < -0.4 is 10.6 Å². The lowest BCUT2D eigenvalue weighted by molar-refractivity contribution is 0.320. The van der Waals surface area contributed by atoms with Gasteiger partial charge in [0.2, 0.25) is 0 Å². The van der Waals surface area contributed by atoms with Crippen molar-refractivity contribution in [3.8, 4) is 0 Å². The standard InChI is InChI=1S/C15H25N3/c1-11-6-4-5-7-14(11)18(3)15-9-8-13(10-16)12(2)17-15/h8-9,11,14H,4-7,10,16H2,1-3H3. The van der Waals surface area contributed by atoms with Gasteiger partial charge in [0.05, 0.1) is 0 Å². The highest BCUT2D eigenvalue weighted by atomic mass is 15.2. The van der Waals surface area contributed by atoms with E-state index in [1.165, 1.54) is 25.7 Å². The largest absolute Gasteiger partial charge is 0.356 e. The van der Waals surface area contributed by atoms with Crippen molar-refractivity contribution >= 4 is 5.82 Å². The molecule has 1 aromatic rings. The Kier molecular flexibility index (Phi) is 4.23. The number of rotatable bonds is 3. The molecule has 1 fully saturated rings. The summed E-state index contributed by atoms with van der Waals surface area (Å²) in [5.74, 6) is 1.85. The molecule has 100 valence electrons. The molecule has 3 nitrogen and oxygen atoms in total. The average molecular weight is 247 g/mol. The Hall–Kier alpha value is -1.09. The van der Waals surface area contributed by atoms with Gasteiger partial charge in [0, 0.05) is 25.3 Å². The van der Waals surface area contributed by atoms with Crippen LogP contribution in [-0.2, 0) is 6.54 Å². The fraction of sp³-hybridized carbons (Fsp3) is 0.667. The molecule has 1 aromatic heterocycles. The molecule has 2 atom stereocenters. The summed E-state index contributed by atoms with van der Waals surface area (Å²) in [5.41, 5.74) is 7.89. The molecule has 0 aromatic carbocycles. The lowest BCUT2D eigenvalue weighted by Gasteiger charge is -2.37. The normalized spacial score (nSPS) is 24.0. The van der Waals surface area contributed by atoms with Gasteiger partial charge in [0.25, 0.3) is 0 Å². The quantitative estimate of drug-likeness (QED) is 0.893. The molecule has 0 saturated heterocycles. The van der Waals surface area contributed by atoms with E-state index < -0.39 is 0 Å². The predicted molar refractivity (Wildman–Crippen MR) is 76.7 cm³/mol. The molecule has 1 aliphatic carbocycles. The molecular weight excluding hydrogens is 222 g/mol. The topological polar surface area (TPSA) is 42.2 Å². The number of aryl methyl sites for hydroxylation is 1. The van der Waals surface area contributed by atoms with Crippen LogP contribution >= 0.6 is 0 Å².